The maximum absolute atomic E-state index is 2.29. The molecule has 0 aromatic carbocycles. The lowest BCUT2D eigenvalue weighted by atomic mass is 10.2. The molecule has 0 radical (unpaired) electrons. The summed E-state index contributed by atoms with van der Waals surface area (Å²) in [6.45, 7) is 11.0. The lowest BCUT2D eigenvalue weighted by Crippen LogP contribution is -2.15. The van der Waals surface area contributed by atoms with Crippen molar-refractivity contribution in [3.8, 4) is 0 Å². The fourth-order valence-electron chi connectivity index (χ4n) is 0.728. The molecule has 0 saturated heterocycles. The molecule has 0 atom stereocenters. The highest BCUT2D eigenvalue weighted by Gasteiger charge is 1.89. The molecule has 0 aromatic heterocycles. The van der Waals surface area contributed by atoms with E-state index in [1.165, 1.54) is 0 Å². The topological polar surface area (TPSA) is 3.24 Å². The van der Waals surface area contributed by atoms with E-state index in [0.29, 0.717) is 5.92 Å². The zero-order valence-electron chi connectivity index (χ0n) is 8.00. The van der Waals surface area contributed by atoms with Crippen molar-refractivity contribution in [2.45, 2.75) is 27.7 Å². The Balaban J connectivity index is 0. The molecular weight excluding hydrogens is 158 g/mol. The molecule has 0 heterocycles. The highest BCUT2D eigenvalue weighted by molar-refractivity contribution is 5.85. The first-order chi connectivity index (χ1) is 4.70. The zero-order chi connectivity index (χ0) is 7.98. The summed E-state index contributed by atoms with van der Waals surface area (Å²) in [6.07, 6.45) is 4.41. The minimum atomic E-state index is 0. The molecule has 68 valence electrons. The predicted octanol–water partition coefficient (Wildman–Crippen LogP) is 2.92. The predicted molar refractivity (Wildman–Crippen MR) is 54.1 cm³/mol. The van der Waals surface area contributed by atoms with Crippen molar-refractivity contribution in [3.05, 3.63) is 12.3 Å². The second-order valence-electron chi connectivity index (χ2n) is 2.81. The fourth-order valence-corrected chi connectivity index (χ4v) is 0.728. The van der Waals surface area contributed by atoms with E-state index in [4.69, 9.17) is 0 Å². The third kappa shape index (κ3) is 7.73. The quantitative estimate of drug-likeness (QED) is 0.639. The van der Waals surface area contributed by atoms with E-state index in [2.05, 4.69) is 44.9 Å². The SMILES string of the molecule is CCN(/C=C/C(C)C)CC.Cl. The molecule has 0 aliphatic carbocycles. The van der Waals surface area contributed by atoms with Gasteiger partial charge in [0.2, 0.25) is 0 Å². The van der Waals surface area contributed by atoms with Gasteiger partial charge in [0.25, 0.3) is 0 Å². The van der Waals surface area contributed by atoms with Crippen molar-refractivity contribution in [1.82, 2.24) is 4.90 Å². The number of halogens is 1. The molecule has 0 amide bonds. The Bertz CT molecular complexity index is 95.7. The number of hydrogen-bond acceptors (Lipinski definition) is 1. The van der Waals surface area contributed by atoms with Gasteiger partial charge in [-0.25, -0.2) is 0 Å². The Morgan fingerprint density at radius 2 is 1.64 bits per heavy atom. The summed E-state index contributed by atoms with van der Waals surface area (Å²) < 4.78 is 0. The highest BCUT2D eigenvalue weighted by atomic mass is 35.5. The van der Waals surface area contributed by atoms with Crippen LogP contribution < -0.4 is 0 Å². The second kappa shape index (κ2) is 7.93. The van der Waals surface area contributed by atoms with Gasteiger partial charge < -0.3 is 4.90 Å². The summed E-state index contributed by atoms with van der Waals surface area (Å²) in [5.74, 6) is 0.667. The summed E-state index contributed by atoms with van der Waals surface area (Å²) in [5, 5.41) is 0. The summed E-state index contributed by atoms with van der Waals surface area (Å²) in [6, 6.07) is 0. The van der Waals surface area contributed by atoms with Crippen molar-refractivity contribution >= 4 is 12.4 Å². The fraction of sp³-hybridized carbons (Fsp3) is 0.778. The Hall–Kier alpha value is -0.170. The molecule has 0 aliphatic rings. The molecule has 11 heavy (non-hydrogen) atoms. The Morgan fingerprint density at radius 3 is 1.91 bits per heavy atom. The molecule has 2 heteroatoms. The average molecular weight is 178 g/mol. The van der Waals surface area contributed by atoms with Gasteiger partial charge in [-0.3, -0.25) is 0 Å². The Morgan fingerprint density at radius 1 is 1.18 bits per heavy atom. The Labute approximate surface area is 76.9 Å². The normalized spacial score (nSPS) is 10.3. The van der Waals surface area contributed by atoms with E-state index in [-0.39, 0.29) is 12.4 Å². The second-order valence-corrected chi connectivity index (χ2v) is 2.81. The molecule has 0 aromatic rings. The van der Waals surface area contributed by atoms with E-state index < -0.39 is 0 Å². The number of allylic oxidation sites excluding steroid dienone is 1. The summed E-state index contributed by atoms with van der Waals surface area (Å²) in [7, 11) is 0. The van der Waals surface area contributed by atoms with Crippen LogP contribution in [-0.2, 0) is 0 Å². The molecule has 0 bridgehead atoms. The van der Waals surface area contributed by atoms with Gasteiger partial charge in [-0.1, -0.05) is 19.9 Å². The number of nitrogens with zero attached hydrogens (tertiary/aromatic N) is 1. The molecule has 0 unspecified atom stereocenters. The van der Waals surface area contributed by atoms with Crippen LogP contribution in [0.2, 0.25) is 0 Å². The van der Waals surface area contributed by atoms with Crippen molar-refractivity contribution in [2.75, 3.05) is 13.1 Å². The van der Waals surface area contributed by atoms with E-state index >= 15 is 0 Å². The van der Waals surface area contributed by atoms with Gasteiger partial charge in [-0.05, 0) is 26.0 Å². The maximum atomic E-state index is 2.29. The lowest BCUT2D eigenvalue weighted by Gasteiger charge is -2.14. The van der Waals surface area contributed by atoms with Gasteiger partial charge in [0.15, 0.2) is 0 Å². The first-order valence-electron chi connectivity index (χ1n) is 4.13. The minimum Gasteiger partial charge on any atom is -0.378 e. The molecule has 0 fully saturated rings. The van der Waals surface area contributed by atoms with Gasteiger partial charge in [-0.15, -0.1) is 12.4 Å². The van der Waals surface area contributed by atoms with Crippen molar-refractivity contribution < 1.29 is 0 Å². The first kappa shape index (κ1) is 13.4. The van der Waals surface area contributed by atoms with Crippen LogP contribution in [-0.4, -0.2) is 18.0 Å². The van der Waals surface area contributed by atoms with E-state index in [0.717, 1.165) is 13.1 Å². The van der Waals surface area contributed by atoms with Gasteiger partial charge in [0.05, 0.1) is 0 Å². The maximum Gasteiger partial charge on any atom is 0.0143 e. The molecule has 0 N–H and O–H groups in total. The molecule has 0 rings (SSSR count). The van der Waals surface area contributed by atoms with Crippen LogP contribution in [0.15, 0.2) is 12.3 Å². The molecule has 1 nitrogen and oxygen atoms in total. The van der Waals surface area contributed by atoms with E-state index in [1.807, 2.05) is 0 Å². The van der Waals surface area contributed by atoms with Crippen molar-refractivity contribution in [2.24, 2.45) is 5.92 Å². The first-order valence-corrected chi connectivity index (χ1v) is 4.13. The van der Waals surface area contributed by atoms with Gasteiger partial charge in [0, 0.05) is 13.1 Å². The van der Waals surface area contributed by atoms with Crippen LogP contribution in [0.5, 0.6) is 0 Å². The third-order valence-electron chi connectivity index (χ3n) is 1.49. The zero-order valence-corrected chi connectivity index (χ0v) is 8.82. The smallest absolute Gasteiger partial charge is 0.0143 e. The molecule has 0 aliphatic heterocycles. The third-order valence-corrected chi connectivity index (χ3v) is 1.49. The molecule has 0 saturated carbocycles. The molecule has 0 spiro atoms. The minimum absolute atomic E-state index is 0. The lowest BCUT2D eigenvalue weighted by molar-refractivity contribution is 0.416. The number of hydrogen-bond donors (Lipinski definition) is 0. The van der Waals surface area contributed by atoms with Gasteiger partial charge >= 0.3 is 0 Å². The highest BCUT2D eigenvalue weighted by Crippen LogP contribution is 1.96. The summed E-state index contributed by atoms with van der Waals surface area (Å²) >= 11 is 0. The van der Waals surface area contributed by atoms with Crippen molar-refractivity contribution in [1.29, 1.82) is 0 Å². The van der Waals surface area contributed by atoms with Crippen LogP contribution in [0.3, 0.4) is 0 Å². The standard InChI is InChI=1S/C9H19N.ClH/c1-5-10(6-2)8-7-9(3)4;/h7-9H,5-6H2,1-4H3;1H/b8-7+;. The Kier molecular flexibility index (Phi) is 9.68. The summed E-state index contributed by atoms with van der Waals surface area (Å²) in [5.41, 5.74) is 0. The van der Waals surface area contributed by atoms with E-state index in [9.17, 15) is 0 Å². The van der Waals surface area contributed by atoms with Crippen LogP contribution >= 0.6 is 12.4 Å². The summed E-state index contributed by atoms with van der Waals surface area (Å²) in [4.78, 5) is 2.29. The van der Waals surface area contributed by atoms with Crippen LogP contribution in [0.4, 0.5) is 0 Å². The van der Waals surface area contributed by atoms with Crippen molar-refractivity contribution in [3.63, 3.8) is 0 Å². The van der Waals surface area contributed by atoms with Gasteiger partial charge in [0.1, 0.15) is 0 Å². The van der Waals surface area contributed by atoms with Crippen LogP contribution in [0.1, 0.15) is 27.7 Å². The van der Waals surface area contributed by atoms with E-state index in [1.54, 1.807) is 0 Å². The monoisotopic (exact) mass is 177 g/mol. The van der Waals surface area contributed by atoms with Crippen LogP contribution in [0.25, 0.3) is 0 Å². The van der Waals surface area contributed by atoms with Crippen LogP contribution in [0, 0.1) is 5.92 Å². The molecular formula is C9H20ClN. The number of rotatable bonds is 4. The van der Waals surface area contributed by atoms with Gasteiger partial charge in [-0.2, -0.15) is 0 Å². The largest absolute Gasteiger partial charge is 0.378 e. The average Bonchev–Trinajstić information content (AvgIpc) is 1.90.